The van der Waals surface area contributed by atoms with E-state index >= 15 is 0 Å². The number of carbonyl (C=O) groups excluding carboxylic acids is 1. The lowest BCUT2D eigenvalue weighted by atomic mass is 9.96. The Labute approximate surface area is 98.6 Å². The number of rotatable bonds is 4. The van der Waals surface area contributed by atoms with Crippen molar-refractivity contribution in [3.8, 4) is 0 Å². The number of amides is 1. The first-order valence-electron chi connectivity index (χ1n) is 6.24. The van der Waals surface area contributed by atoms with Gasteiger partial charge in [-0.1, -0.05) is 6.92 Å². The molecule has 1 amide bonds. The van der Waals surface area contributed by atoms with E-state index in [1.54, 1.807) is 0 Å². The minimum Gasteiger partial charge on any atom is -0.341 e. The summed E-state index contributed by atoms with van der Waals surface area (Å²) in [5, 5.41) is 3.65. The summed E-state index contributed by atoms with van der Waals surface area (Å²) in [5.41, 5.74) is 5.55. The molecule has 0 spiro atoms. The predicted octanol–water partition coefficient (Wildman–Crippen LogP) is 0.714. The van der Waals surface area contributed by atoms with Gasteiger partial charge in [-0.2, -0.15) is 0 Å². The quantitative estimate of drug-likeness (QED) is 0.744. The Morgan fingerprint density at radius 2 is 2.00 bits per heavy atom. The smallest absolute Gasteiger partial charge is 0.236 e. The highest BCUT2D eigenvalue weighted by Gasteiger charge is 2.25. The molecule has 0 unspecified atom stereocenters. The molecule has 0 aliphatic carbocycles. The van der Waals surface area contributed by atoms with E-state index in [9.17, 15) is 4.79 Å². The van der Waals surface area contributed by atoms with Crippen LogP contribution in [-0.4, -0.2) is 42.0 Å². The Kier molecular flexibility index (Phi) is 4.74. The normalized spacial score (nSPS) is 18.9. The molecule has 1 fully saturated rings. The molecule has 0 saturated carbocycles. The summed E-state index contributed by atoms with van der Waals surface area (Å²) < 4.78 is 0. The summed E-state index contributed by atoms with van der Waals surface area (Å²) in [6.45, 7) is 8.47. The molecule has 1 saturated heterocycles. The van der Waals surface area contributed by atoms with Crippen LogP contribution in [0.4, 0.5) is 0 Å². The summed E-state index contributed by atoms with van der Waals surface area (Å²) >= 11 is 0. The van der Waals surface area contributed by atoms with Crippen LogP contribution in [-0.2, 0) is 4.79 Å². The van der Waals surface area contributed by atoms with Crippen molar-refractivity contribution < 1.29 is 4.79 Å². The Bertz CT molecular complexity index is 232. The lowest BCUT2D eigenvalue weighted by Crippen LogP contribution is -2.52. The molecule has 1 aliphatic rings. The molecule has 3 N–H and O–H groups in total. The van der Waals surface area contributed by atoms with Crippen molar-refractivity contribution in [3.63, 3.8) is 0 Å². The zero-order valence-corrected chi connectivity index (χ0v) is 10.8. The molecule has 0 aromatic heterocycles. The number of hydrogen-bond donors (Lipinski definition) is 2. The van der Waals surface area contributed by atoms with Crippen LogP contribution in [0.2, 0.25) is 0 Å². The summed E-state index contributed by atoms with van der Waals surface area (Å²) in [6.07, 6.45) is 3.19. The maximum Gasteiger partial charge on any atom is 0.236 e. The Hall–Kier alpha value is -0.610. The first-order chi connectivity index (χ1) is 7.48. The average Bonchev–Trinajstić information content (AvgIpc) is 2.28. The van der Waals surface area contributed by atoms with Crippen molar-refractivity contribution >= 4 is 5.91 Å². The molecule has 94 valence electrons. The van der Waals surface area contributed by atoms with Crippen LogP contribution >= 0.6 is 0 Å². The molecule has 0 atom stereocenters. The van der Waals surface area contributed by atoms with E-state index in [0.29, 0.717) is 6.04 Å². The maximum atomic E-state index is 11.4. The van der Waals surface area contributed by atoms with Crippen molar-refractivity contribution in [1.82, 2.24) is 10.2 Å². The first kappa shape index (κ1) is 13.5. The third kappa shape index (κ3) is 3.76. The highest BCUT2D eigenvalue weighted by atomic mass is 16.2. The minimum absolute atomic E-state index is 0.0770. The number of nitrogens with zero attached hydrogens (tertiary/aromatic N) is 1. The number of likely N-dealkylation sites (tertiary alicyclic amines) is 1. The molecular formula is C12H25N3O. The largest absolute Gasteiger partial charge is 0.341 e. The SMILES string of the molecule is CCC(C)(C)NC1CCN(C(=O)CN)CC1. The van der Waals surface area contributed by atoms with Crippen molar-refractivity contribution in [3.05, 3.63) is 0 Å². The zero-order valence-electron chi connectivity index (χ0n) is 10.8. The van der Waals surface area contributed by atoms with Crippen molar-refractivity contribution in [2.45, 2.75) is 51.6 Å². The number of carbonyl (C=O) groups is 1. The summed E-state index contributed by atoms with van der Waals surface area (Å²) in [6, 6.07) is 0.539. The summed E-state index contributed by atoms with van der Waals surface area (Å²) in [5.74, 6) is 0.0770. The molecule has 0 bridgehead atoms. The van der Waals surface area contributed by atoms with Gasteiger partial charge in [0.2, 0.25) is 5.91 Å². The lowest BCUT2D eigenvalue weighted by molar-refractivity contribution is -0.130. The molecule has 4 heteroatoms. The van der Waals surface area contributed by atoms with Crippen LogP contribution in [0.25, 0.3) is 0 Å². The van der Waals surface area contributed by atoms with Gasteiger partial charge in [-0.15, -0.1) is 0 Å². The maximum absolute atomic E-state index is 11.4. The predicted molar refractivity (Wildman–Crippen MR) is 66.2 cm³/mol. The van der Waals surface area contributed by atoms with E-state index < -0.39 is 0 Å². The third-order valence-electron chi connectivity index (χ3n) is 3.50. The van der Waals surface area contributed by atoms with Gasteiger partial charge in [0.25, 0.3) is 0 Å². The van der Waals surface area contributed by atoms with Gasteiger partial charge in [-0.3, -0.25) is 4.79 Å². The number of nitrogens with two attached hydrogens (primary N) is 1. The third-order valence-corrected chi connectivity index (χ3v) is 3.50. The minimum atomic E-state index is 0.0770. The van der Waals surface area contributed by atoms with Gasteiger partial charge in [-0.05, 0) is 33.1 Å². The standard InChI is InChI=1S/C12H25N3O/c1-4-12(2,3)14-10-5-7-15(8-6-10)11(16)9-13/h10,14H,4-9,13H2,1-3H3. The summed E-state index contributed by atoms with van der Waals surface area (Å²) in [4.78, 5) is 13.3. The van der Waals surface area contributed by atoms with Crippen LogP contribution in [0.3, 0.4) is 0 Å². The van der Waals surface area contributed by atoms with Gasteiger partial charge in [0.05, 0.1) is 6.54 Å². The molecule has 0 aromatic carbocycles. The van der Waals surface area contributed by atoms with Gasteiger partial charge in [0.1, 0.15) is 0 Å². The highest BCUT2D eigenvalue weighted by molar-refractivity contribution is 5.78. The molecule has 4 nitrogen and oxygen atoms in total. The second kappa shape index (κ2) is 5.64. The van der Waals surface area contributed by atoms with E-state index in [1.165, 1.54) is 0 Å². The average molecular weight is 227 g/mol. The van der Waals surface area contributed by atoms with E-state index in [2.05, 4.69) is 26.1 Å². The van der Waals surface area contributed by atoms with Gasteiger partial charge in [0, 0.05) is 24.7 Å². The van der Waals surface area contributed by atoms with Gasteiger partial charge < -0.3 is 16.0 Å². The number of piperidine rings is 1. The van der Waals surface area contributed by atoms with Gasteiger partial charge >= 0.3 is 0 Å². The van der Waals surface area contributed by atoms with Crippen LogP contribution in [0.1, 0.15) is 40.0 Å². The van der Waals surface area contributed by atoms with Gasteiger partial charge in [-0.25, -0.2) is 0 Å². The Morgan fingerprint density at radius 1 is 1.44 bits per heavy atom. The molecular weight excluding hydrogens is 202 g/mol. The Morgan fingerprint density at radius 3 is 2.44 bits per heavy atom. The molecule has 1 rings (SSSR count). The monoisotopic (exact) mass is 227 g/mol. The van der Waals surface area contributed by atoms with Gasteiger partial charge in [0.15, 0.2) is 0 Å². The second-order valence-corrected chi connectivity index (χ2v) is 5.24. The van der Waals surface area contributed by atoms with Crippen LogP contribution in [0, 0.1) is 0 Å². The first-order valence-corrected chi connectivity index (χ1v) is 6.24. The molecule has 0 aromatic rings. The summed E-state index contributed by atoms with van der Waals surface area (Å²) in [7, 11) is 0. The van der Waals surface area contributed by atoms with E-state index in [-0.39, 0.29) is 18.0 Å². The molecule has 0 radical (unpaired) electrons. The van der Waals surface area contributed by atoms with Crippen LogP contribution in [0.5, 0.6) is 0 Å². The lowest BCUT2D eigenvalue weighted by Gasteiger charge is -2.37. The van der Waals surface area contributed by atoms with E-state index in [4.69, 9.17) is 5.73 Å². The topological polar surface area (TPSA) is 58.4 Å². The van der Waals surface area contributed by atoms with Crippen LogP contribution < -0.4 is 11.1 Å². The number of hydrogen-bond acceptors (Lipinski definition) is 3. The van der Waals surface area contributed by atoms with E-state index in [0.717, 1.165) is 32.4 Å². The highest BCUT2D eigenvalue weighted by Crippen LogP contribution is 2.16. The zero-order chi connectivity index (χ0) is 12.2. The fourth-order valence-electron chi connectivity index (χ4n) is 2.06. The molecule has 16 heavy (non-hydrogen) atoms. The van der Waals surface area contributed by atoms with Crippen molar-refractivity contribution in [2.75, 3.05) is 19.6 Å². The van der Waals surface area contributed by atoms with Crippen LogP contribution in [0.15, 0.2) is 0 Å². The van der Waals surface area contributed by atoms with Crippen molar-refractivity contribution in [2.24, 2.45) is 5.73 Å². The van der Waals surface area contributed by atoms with E-state index in [1.807, 2.05) is 4.90 Å². The van der Waals surface area contributed by atoms with Crippen molar-refractivity contribution in [1.29, 1.82) is 0 Å². The molecule has 1 heterocycles. The fourth-order valence-corrected chi connectivity index (χ4v) is 2.06. The second-order valence-electron chi connectivity index (χ2n) is 5.24. The fraction of sp³-hybridized carbons (Fsp3) is 0.917. The Balaban J connectivity index is 2.35. The molecule has 1 aliphatic heterocycles. The number of nitrogens with one attached hydrogen (secondary N) is 1.